The van der Waals surface area contributed by atoms with Crippen molar-refractivity contribution in [1.29, 1.82) is 0 Å². The van der Waals surface area contributed by atoms with E-state index in [1.54, 1.807) is 22.9 Å². The number of fused-ring (bicyclic) bond motifs is 1. The predicted molar refractivity (Wildman–Crippen MR) is 101 cm³/mol. The molecule has 0 saturated carbocycles. The van der Waals surface area contributed by atoms with Crippen LogP contribution in [0.3, 0.4) is 0 Å². The van der Waals surface area contributed by atoms with E-state index in [4.69, 9.17) is 0 Å². The molecule has 1 amide bonds. The lowest BCUT2D eigenvalue weighted by Crippen LogP contribution is -2.37. The standard InChI is InChI=1S/C20H25FN4O3/c1-25-17-8-7-14(22-10-9-18(26)28-2)11-15(17)19(24-25)20(27)23-12-13-5-3-4-6-16(13)21/h3-6,14,22H,7-12H2,1-2H3,(H,23,27). The van der Waals surface area contributed by atoms with Gasteiger partial charge in [-0.25, -0.2) is 4.39 Å². The highest BCUT2D eigenvalue weighted by Gasteiger charge is 2.28. The quantitative estimate of drug-likeness (QED) is 0.702. The van der Waals surface area contributed by atoms with Gasteiger partial charge in [-0.2, -0.15) is 5.10 Å². The largest absolute Gasteiger partial charge is 0.469 e. The van der Waals surface area contributed by atoms with E-state index in [1.807, 2.05) is 7.05 Å². The summed E-state index contributed by atoms with van der Waals surface area (Å²) in [5, 5.41) is 10.5. The van der Waals surface area contributed by atoms with Crippen molar-refractivity contribution in [2.75, 3.05) is 13.7 Å². The van der Waals surface area contributed by atoms with Crippen molar-refractivity contribution >= 4 is 11.9 Å². The number of carbonyl (C=O) groups is 2. The SMILES string of the molecule is COC(=O)CCNC1CCc2c(c(C(=O)NCc3ccccc3F)nn2C)C1. The van der Waals surface area contributed by atoms with Gasteiger partial charge in [0.25, 0.3) is 5.91 Å². The van der Waals surface area contributed by atoms with Gasteiger partial charge in [0.15, 0.2) is 5.69 Å². The summed E-state index contributed by atoms with van der Waals surface area (Å²) in [6.45, 7) is 0.638. The number of nitrogens with zero attached hydrogens (tertiary/aromatic N) is 2. The van der Waals surface area contributed by atoms with Crippen molar-refractivity contribution < 1.29 is 18.7 Å². The van der Waals surface area contributed by atoms with Gasteiger partial charge in [0.1, 0.15) is 5.82 Å². The molecule has 1 aliphatic rings. The second kappa shape index (κ2) is 8.97. The molecule has 3 rings (SSSR count). The minimum atomic E-state index is -0.347. The van der Waals surface area contributed by atoms with Crippen molar-refractivity contribution in [3.05, 3.63) is 52.6 Å². The highest BCUT2D eigenvalue weighted by Crippen LogP contribution is 2.24. The highest BCUT2D eigenvalue weighted by atomic mass is 19.1. The number of amides is 1. The van der Waals surface area contributed by atoms with Crippen LogP contribution in [0.5, 0.6) is 0 Å². The number of halogens is 1. The average Bonchev–Trinajstić information content (AvgIpc) is 3.03. The Morgan fingerprint density at radius 3 is 2.89 bits per heavy atom. The van der Waals surface area contributed by atoms with Crippen molar-refractivity contribution in [2.45, 2.75) is 38.3 Å². The van der Waals surface area contributed by atoms with Crippen LogP contribution in [0.4, 0.5) is 4.39 Å². The summed E-state index contributed by atoms with van der Waals surface area (Å²) in [6, 6.07) is 6.53. The predicted octanol–water partition coefficient (Wildman–Crippen LogP) is 1.50. The Hall–Kier alpha value is -2.74. The Kier molecular flexibility index (Phi) is 6.41. The van der Waals surface area contributed by atoms with E-state index in [2.05, 4.69) is 20.5 Å². The first-order valence-electron chi connectivity index (χ1n) is 9.36. The molecule has 2 aromatic rings. The molecule has 0 saturated heterocycles. The zero-order valence-corrected chi connectivity index (χ0v) is 16.1. The molecule has 0 spiro atoms. The number of rotatable bonds is 7. The first-order chi connectivity index (χ1) is 13.5. The molecule has 0 aliphatic heterocycles. The highest BCUT2D eigenvalue weighted by molar-refractivity contribution is 5.94. The fraction of sp³-hybridized carbons (Fsp3) is 0.450. The normalized spacial score (nSPS) is 15.8. The second-order valence-electron chi connectivity index (χ2n) is 6.89. The summed E-state index contributed by atoms with van der Waals surface area (Å²) < 4.78 is 20.2. The lowest BCUT2D eigenvalue weighted by atomic mass is 9.91. The summed E-state index contributed by atoms with van der Waals surface area (Å²) in [5.41, 5.74) is 2.77. The van der Waals surface area contributed by atoms with Crippen LogP contribution in [0.2, 0.25) is 0 Å². The lowest BCUT2D eigenvalue weighted by molar-refractivity contribution is -0.140. The molecule has 1 aromatic heterocycles. The Labute approximate surface area is 163 Å². The number of esters is 1. The molecule has 150 valence electrons. The smallest absolute Gasteiger partial charge is 0.306 e. The fourth-order valence-corrected chi connectivity index (χ4v) is 3.53. The van der Waals surface area contributed by atoms with E-state index in [0.717, 1.165) is 24.1 Å². The van der Waals surface area contributed by atoms with Gasteiger partial charge in [-0.15, -0.1) is 0 Å². The first-order valence-corrected chi connectivity index (χ1v) is 9.36. The van der Waals surface area contributed by atoms with Crippen molar-refractivity contribution in [1.82, 2.24) is 20.4 Å². The van der Waals surface area contributed by atoms with Crippen LogP contribution in [0.1, 0.15) is 40.2 Å². The van der Waals surface area contributed by atoms with E-state index in [0.29, 0.717) is 30.6 Å². The molecule has 1 aromatic carbocycles. The van der Waals surface area contributed by atoms with E-state index < -0.39 is 0 Å². The van der Waals surface area contributed by atoms with Crippen LogP contribution in [-0.2, 0) is 36.0 Å². The van der Waals surface area contributed by atoms with Gasteiger partial charge in [0.05, 0.1) is 13.5 Å². The van der Waals surface area contributed by atoms with E-state index >= 15 is 0 Å². The van der Waals surface area contributed by atoms with E-state index in [-0.39, 0.29) is 30.3 Å². The molecular weight excluding hydrogens is 363 g/mol. The number of hydrogen-bond donors (Lipinski definition) is 2. The third-order valence-corrected chi connectivity index (χ3v) is 5.06. The summed E-state index contributed by atoms with van der Waals surface area (Å²) >= 11 is 0. The van der Waals surface area contributed by atoms with Gasteiger partial charge in [-0.1, -0.05) is 18.2 Å². The molecule has 2 N–H and O–H groups in total. The van der Waals surface area contributed by atoms with Crippen molar-refractivity contribution in [3.8, 4) is 0 Å². The van der Waals surface area contributed by atoms with Gasteiger partial charge < -0.3 is 15.4 Å². The molecule has 0 fully saturated rings. The molecule has 1 unspecified atom stereocenters. The van der Waals surface area contributed by atoms with Gasteiger partial charge in [0.2, 0.25) is 0 Å². The molecule has 28 heavy (non-hydrogen) atoms. The maximum atomic E-state index is 13.8. The van der Waals surface area contributed by atoms with Gasteiger partial charge in [-0.05, 0) is 25.3 Å². The molecule has 1 heterocycles. The molecule has 0 bridgehead atoms. The summed E-state index contributed by atoms with van der Waals surface area (Å²) in [7, 11) is 3.20. The number of ether oxygens (including phenoxy) is 1. The third kappa shape index (κ3) is 4.56. The zero-order chi connectivity index (χ0) is 20.1. The molecule has 1 atom stereocenters. The summed E-state index contributed by atoms with van der Waals surface area (Å²) in [6.07, 6.45) is 2.68. The van der Waals surface area contributed by atoms with E-state index in [1.165, 1.54) is 13.2 Å². The number of aromatic nitrogens is 2. The second-order valence-corrected chi connectivity index (χ2v) is 6.89. The fourth-order valence-electron chi connectivity index (χ4n) is 3.53. The molecule has 7 nitrogen and oxygen atoms in total. The summed E-state index contributed by atoms with van der Waals surface area (Å²) in [4.78, 5) is 23.9. The van der Waals surface area contributed by atoms with Crippen LogP contribution in [0.25, 0.3) is 0 Å². The molecular formula is C20H25FN4O3. The number of nitrogens with one attached hydrogen (secondary N) is 2. The van der Waals surface area contributed by atoms with Gasteiger partial charge >= 0.3 is 5.97 Å². The molecule has 1 aliphatic carbocycles. The number of benzene rings is 1. The van der Waals surface area contributed by atoms with Gasteiger partial charge in [-0.3, -0.25) is 14.3 Å². The lowest BCUT2D eigenvalue weighted by Gasteiger charge is -2.24. The van der Waals surface area contributed by atoms with E-state index in [9.17, 15) is 14.0 Å². The zero-order valence-electron chi connectivity index (χ0n) is 16.1. The maximum Gasteiger partial charge on any atom is 0.306 e. The Balaban J connectivity index is 1.64. The van der Waals surface area contributed by atoms with Crippen LogP contribution >= 0.6 is 0 Å². The van der Waals surface area contributed by atoms with Crippen molar-refractivity contribution in [2.24, 2.45) is 7.05 Å². The Bertz CT molecular complexity index is 865. The first kappa shape index (κ1) is 20.0. The van der Waals surface area contributed by atoms with Gasteiger partial charge in [0, 0.05) is 43.0 Å². The minimum Gasteiger partial charge on any atom is -0.469 e. The monoisotopic (exact) mass is 388 g/mol. The van der Waals surface area contributed by atoms with Crippen LogP contribution in [0.15, 0.2) is 24.3 Å². The number of methoxy groups -OCH3 is 1. The summed E-state index contributed by atoms with van der Waals surface area (Å²) in [5.74, 6) is -0.908. The van der Waals surface area contributed by atoms with Crippen LogP contribution in [-0.4, -0.2) is 41.4 Å². The van der Waals surface area contributed by atoms with Crippen molar-refractivity contribution in [3.63, 3.8) is 0 Å². The Morgan fingerprint density at radius 2 is 2.14 bits per heavy atom. The average molecular weight is 388 g/mol. The number of carbonyl (C=O) groups excluding carboxylic acids is 2. The minimum absolute atomic E-state index is 0.109. The maximum absolute atomic E-state index is 13.8. The van der Waals surface area contributed by atoms with Crippen LogP contribution in [0, 0.1) is 5.82 Å². The molecule has 8 heteroatoms. The van der Waals surface area contributed by atoms with Crippen LogP contribution < -0.4 is 10.6 Å². The number of hydrogen-bond acceptors (Lipinski definition) is 5. The third-order valence-electron chi connectivity index (χ3n) is 5.06. The number of aryl methyl sites for hydroxylation is 1. The molecule has 0 radical (unpaired) electrons. The Morgan fingerprint density at radius 1 is 1.36 bits per heavy atom. The topological polar surface area (TPSA) is 85.2 Å².